The molecule has 0 spiro atoms. The summed E-state index contributed by atoms with van der Waals surface area (Å²) in [7, 11) is 1.93. The molecule has 1 aromatic carbocycles. The van der Waals surface area contributed by atoms with E-state index in [-0.39, 0.29) is 11.7 Å². The summed E-state index contributed by atoms with van der Waals surface area (Å²) >= 11 is 0. The Bertz CT molecular complexity index is 493. The third kappa shape index (κ3) is 4.19. The Labute approximate surface area is 131 Å². The fourth-order valence-corrected chi connectivity index (χ4v) is 2.93. The Morgan fingerprint density at radius 3 is 2.95 bits per heavy atom. The highest BCUT2D eigenvalue weighted by molar-refractivity contribution is 5.81. The maximum atomic E-state index is 13.7. The minimum absolute atomic E-state index is 0.0356. The van der Waals surface area contributed by atoms with Gasteiger partial charge in [-0.15, -0.1) is 0 Å². The van der Waals surface area contributed by atoms with Crippen molar-refractivity contribution in [3.05, 3.63) is 30.1 Å². The third-order valence-corrected chi connectivity index (χ3v) is 4.08. The second-order valence-corrected chi connectivity index (χ2v) is 5.80. The minimum atomic E-state index is -0.620. The lowest BCUT2D eigenvalue weighted by atomic mass is 9.97. The number of carbonyl (C=O) groups excluding carboxylic acids is 1. The van der Waals surface area contributed by atoms with Gasteiger partial charge in [-0.25, -0.2) is 4.39 Å². The standard InChI is InChI=1S/C17H25FN2O2/c1-3-15(22-16-9-5-4-8-14(16)18)17(21)20-10-6-7-13(12-20)11-19-2/h4-5,8-9,13,15,19H,3,6-7,10-12H2,1-2H3. The van der Waals surface area contributed by atoms with Gasteiger partial charge in [0.15, 0.2) is 17.7 Å². The zero-order chi connectivity index (χ0) is 15.9. The van der Waals surface area contributed by atoms with E-state index in [0.717, 1.165) is 32.5 Å². The van der Waals surface area contributed by atoms with Crippen molar-refractivity contribution in [2.45, 2.75) is 32.3 Å². The minimum Gasteiger partial charge on any atom is -0.478 e. The Kier molecular flexibility index (Phi) is 6.19. The van der Waals surface area contributed by atoms with Crippen LogP contribution in [0.2, 0.25) is 0 Å². The van der Waals surface area contributed by atoms with Gasteiger partial charge in [-0.3, -0.25) is 4.79 Å². The average Bonchev–Trinajstić information content (AvgIpc) is 2.54. The molecule has 2 atom stereocenters. The van der Waals surface area contributed by atoms with Crippen molar-refractivity contribution in [1.29, 1.82) is 0 Å². The number of rotatable bonds is 6. The van der Waals surface area contributed by atoms with Crippen LogP contribution < -0.4 is 10.1 Å². The highest BCUT2D eigenvalue weighted by Crippen LogP contribution is 2.21. The molecule has 1 aliphatic heterocycles. The number of nitrogens with zero attached hydrogens (tertiary/aromatic N) is 1. The van der Waals surface area contributed by atoms with Gasteiger partial charge in [0.25, 0.3) is 5.91 Å². The Morgan fingerprint density at radius 2 is 2.27 bits per heavy atom. The number of carbonyl (C=O) groups is 1. The van der Waals surface area contributed by atoms with Crippen LogP contribution in [0.15, 0.2) is 24.3 Å². The van der Waals surface area contributed by atoms with E-state index >= 15 is 0 Å². The summed E-state index contributed by atoms with van der Waals surface area (Å²) < 4.78 is 19.3. The first kappa shape index (κ1) is 16.7. The van der Waals surface area contributed by atoms with E-state index in [0.29, 0.717) is 12.3 Å². The molecule has 122 valence electrons. The van der Waals surface area contributed by atoms with Crippen LogP contribution in [0, 0.1) is 11.7 Å². The van der Waals surface area contributed by atoms with E-state index in [2.05, 4.69) is 5.32 Å². The predicted octanol–water partition coefficient (Wildman–Crippen LogP) is 2.44. The van der Waals surface area contributed by atoms with Gasteiger partial charge in [-0.05, 0) is 50.9 Å². The molecule has 4 nitrogen and oxygen atoms in total. The Hall–Kier alpha value is -1.62. The first-order valence-electron chi connectivity index (χ1n) is 8.00. The normalized spacial score (nSPS) is 19.8. The van der Waals surface area contributed by atoms with Crippen LogP contribution in [0.4, 0.5) is 4.39 Å². The maximum Gasteiger partial charge on any atom is 0.263 e. The van der Waals surface area contributed by atoms with Crippen LogP contribution in [-0.2, 0) is 4.79 Å². The summed E-state index contributed by atoms with van der Waals surface area (Å²) in [5.74, 6) is 0.159. The first-order valence-corrected chi connectivity index (χ1v) is 8.00. The molecule has 1 aliphatic rings. The molecule has 22 heavy (non-hydrogen) atoms. The Morgan fingerprint density at radius 1 is 1.50 bits per heavy atom. The molecule has 2 unspecified atom stereocenters. The molecule has 0 radical (unpaired) electrons. The number of piperidine rings is 1. The molecule has 0 aromatic heterocycles. The molecule has 1 fully saturated rings. The van der Waals surface area contributed by atoms with E-state index < -0.39 is 11.9 Å². The third-order valence-electron chi connectivity index (χ3n) is 4.08. The molecule has 1 amide bonds. The number of halogens is 1. The zero-order valence-corrected chi connectivity index (χ0v) is 13.3. The van der Waals surface area contributed by atoms with Crippen molar-refractivity contribution in [1.82, 2.24) is 10.2 Å². The molecular weight excluding hydrogens is 283 g/mol. The molecule has 0 saturated carbocycles. The van der Waals surface area contributed by atoms with Crippen molar-refractivity contribution in [3.63, 3.8) is 0 Å². The molecule has 1 aromatic rings. The van der Waals surface area contributed by atoms with Crippen LogP contribution in [0.25, 0.3) is 0 Å². The summed E-state index contributed by atoms with van der Waals surface area (Å²) in [6.45, 7) is 4.31. The van der Waals surface area contributed by atoms with Crippen molar-refractivity contribution < 1.29 is 13.9 Å². The zero-order valence-electron chi connectivity index (χ0n) is 13.3. The summed E-state index contributed by atoms with van der Waals surface area (Å²) in [6.07, 6.45) is 2.05. The van der Waals surface area contributed by atoms with Gasteiger partial charge in [0, 0.05) is 13.1 Å². The number of para-hydroxylation sites is 1. The lowest BCUT2D eigenvalue weighted by Gasteiger charge is -2.34. The smallest absolute Gasteiger partial charge is 0.263 e. The van der Waals surface area contributed by atoms with Crippen molar-refractivity contribution in [2.75, 3.05) is 26.7 Å². The number of likely N-dealkylation sites (tertiary alicyclic amines) is 1. The largest absolute Gasteiger partial charge is 0.478 e. The topological polar surface area (TPSA) is 41.6 Å². The quantitative estimate of drug-likeness (QED) is 0.877. The monoisotopic (exact) mass is 308 g/mol. The molecule has 0 aliphatic carbocycles. The summed E-state index contributed by atoms with van der Waals surface area (Å²) in [5, 5.41) is 3.17. The fraction of sp³-hybridized carbons (Fsp3) is 0.588. The van der Waals surface area contributed by atoms with Crippen molar-refractivity contribution in [2.24, 2.45) is 5.92 Å². The maximum absolute atomic E-state index is 13.7. The van der Waals surface area contributed by atoms with Gasteiger partial charge < -0.3 is 15.0 Å². The van der Waals surface area contributed by atoms with E-state index in [9.17, 15) is 9.18 Å². The highest BCUT2D eigenvalue weighted by atomic mass is 19.1. The van der Waals surface area contributed by atoms with Gasteiger partial charge in [0.05, 0.1) is 0 Å². The summed E-state index contributed by atoms with van der Waals surface area (Å²) in [4.78, 5) is 14.5. The number of nitrogens with one attached hydrogen (secondary N) is 1. The number of amides is 1. The van der Waals surface area contributed by atoms with Gasteiger partial charge in [0.1, 0.15) is 0 Å². The van der Waals surface area contributed by atoms with Gasteiger partial charge in [-0.1, -0.05) is 19.1 Å². The highest BCUT2D eigenvalue weighted by Gasteiger charge is 2.29. The molecule has 5 heteroatoms. The lowest BCUT2D eigenvalue weighted by Crippen LogP contribution is -2.48. The van der Waals surface area contributed by atoms with E-state index in [1.165, 1.54) is 6.07 Å². The van der Waals surface area contributed by atoms with Gasteiger partial charge in [0.2, 0.25) is 0 Å². The first-order chi connectivity index (χ1) is 10.7. The van der Waals surface area contributed by atoms with Crippen molar-refractivity contribution in [3.8, 4) is 5.75 Å². The lowest BCUT2D eigenvalue weighted by molar-refractivity contribution is -0.140. The molecule has 0 bridgehead atoms. The Balaban J connectivity index is 2.00. The van der Waals surface area contributed by atoms with E-state index in [1.54, 1.807) is 18.2 Å². The van der Waals surface area contributed by atoms with Crippen LogP contribution >= 0.6 is 0 Å². The fourth-order valence-electron chi connectivity index (χ4n) is 2.93. The van der Waals surface area contributed by atoms with Gasteiger partial charge in [-0.2, -0.15) is 0 Å². The number of hydrogen-bond donors (Lipinski definition) is 1. The van der Waals surface area contributed by atoms with Crippen LogP contribution in [0.3, 0.4) is 0 Å². The molecule has 1 saturated heterocycles. The summed E-state index contributed by atoms with van der Waals surface area (Å²) in [5.41, 5.74) is 0. The van der Waals surface area contributed by atoms with Crippen LogP contribution in [0.1, 0.15) is 26.2 Å². The van der Waals surface area contributed by atoms with E-state index in [1.807, 2.05) is 18.9 Å². The van der Waals surface area contributed by atoms with Crippen LogP contribution in [-0.4, -0.2) is 43.6 Å². The molecule has 1 heterocycles. The van der Waals surface area contributed by atoms with Crippen LogP contribution in [0.5, 0.6) is 5.75 Å². The van der Waals surface area contributed by atoms with E-state index in [4.69, 9.17) is 4.74 Å². The molecule has 1 N–H and O–H groups in total. The average molecular weight is 308 g/mol. The SMILES string of the molecule is CCC(Oc1ccccc1F)C(=O)N1CCCC(CNC)C1. The predicted molar refractivity (Wildman–Crippen MR) is 84.3 cm³/mol. The summed E-state index contributed by atoms with van der Waals surface area (Å²) in [6, 6.07) is 6.22. The van der Waals surface area contributed by atoms with Crippen molar-refractivity contribution >= 4 is 5.91 Å². The van der Waals surface area contributed by atoms with Gasteiger partial charge >= 0.3 is 0 Å². The molecule has 2 rings (SSSR count). The number of benzene rings is 1. The number of ether oxygens (including phenoxy) is 1. The number of hydrogen-bond acceptors (Lipinski definition) is 3. The molecular formula is C17H25FN2O2. The second-order valence-electron chi connectivity index (χ2n) is 5.80. The second kappa shape index (κ2) is 8.13.